The van der Waals surface area contributed by atoms with Gasteiger partial charge < -0.3 is 20.3 Å². The molecule has 0 spiro atoms. The highest BCUT2D eigenvalue weighted by Crippen LogP contribution is 2.18. The van der Waals surface area contributed by atoms with Crippen molar-refractivity contribution in [1.29, 1.82) is 0 Å². The van der Waals surface area contributed by atoms with Crippen molar-refractivity contribution in [2.75, 3.05) is 38.3 Å². The lowest BCUT2D eigenvalue weighted by molar-refractivity contribution is 0.122. The van der Waals surface area contributed by atoms with Crippen molar-refractivity contribution >= 4 is 11.8 Å². The van der Waals surface area contributed by atoms with Crippen LogP contribution < -0.4 is 15.5 Å². The first kappa shape index (κ1) is 19.0. The summed E-state index contributed by atoms with van der Waals surface area (Å²) >= 11 is 0. The van der Waals surface area contributed by atoms with E-state index in [1.54, 1.807) is 13.2 Å². The summed E-state index contributed by atoms with van der Waals surface area (Å²) in [5.74, 6) is 0.484. The van der Waals surface area contributed by atoms with E-state index >= 15 is 0 Å². The van der Waals surface area contributed by atoms with Gasteiger partial charge in [-0.1, -0.05) is 6.07 Å². The highest BCUT2D eigenvalue weighted by atomic mass is 19.1. The SMILES string of the molecule is CN=C(NCc1cc(F)ccc1F)NCc1cccnc1N1CCOCC1. The quantitative estimate of drug-likeness (QED) is 0.619. The van der Waals surface area contributed by atoms with Crippen molar-refractivity contribution in [2.45, 2.75) is 13.1 Å². The average Bonchev–Trinajstić information content (AvgIpc) is 2.71. The monoisotopic (exact) mass is 375 g/mol. The number of nitrogens with one attached hydrogen (secondary N) is 2. The summed E-state index contributed by atoms with van der Waals surface area (Å²) in [4.78, 5) is 10.8. The zero-order valence-corrected chi connectivity index (χ0v) is 15.2. The van der Waals surface area contributed by atoms with Gasteiger partial charge in [-0.05, 0) is 24.3 Å². The number of morpholine rings is 1. The largest absolute Gasteiger partial charge is 0.378 e. The molecule has 144 valence electrons. The maximum absolute atomic E-state index is 13.7. The minimum atomic E-state index is -0.471. The van der Waals surface area contributed by atoms with Crippen molar-refractivity contribution in [3.8, 4) is 0 Å². The Bertz CT molecular complexity index is 793. The van der Waals surface area contributed by atoms with E-state index in [-0.39, 0.29) is 12.1 Å². The number of aliphatic imine (C=N–C) groups is 1. The lowest BCUT2D eigenvalue weighted by Gasteiger charge is -2.29. The Hall–Kier alpha value is -2.74. The predicted molar refractivity (Wildman–Crippen MR) is 101 cm³/mol. The first-order valence-corrected chi connectivity index (χ1v) is 8.82. The average molecular weight is 375 g/mol. The molecule has 0 saturated carbocycles. The molecule has 3 rings (SSSR count). The Morgan fingerprint density at radius 3 is 2.63 bits per heavy atom. The number of halogens is 2. The van der Waals surface area contributed by atoms with Crippen molar-refractivity contribution in [2.24, 2.45) is 4.99 Å². The van der Waals surface area contributed by atoms with Gasteiger partial charge in [0.05, 0.1) is 13.2 Å². The predicted octanol–water partition coefficient (Wildman–Crippen LogP) is 2.06. The van der Waals surface area contributed by atoms with Crippen LogP contribution in [-0.4, -0.2) is 44.3 Å². The first-order valence-electron chi connectivity index (χ1n) is 8.82. The molecule has 0 atom stereocenters. The van der Waals surface area contributed by atoms with E-state index in [1.807, 2.05) is 12.1 Å². The fourth-order valence-electron chi connectivity index (χ4n) is 2.89. The third kappa shape index (κ3) is 5.13. The summed E-state index contributed by atoms with van der Waals surface area (Å²) in [6.07, 6.45) is 1.77. The molecule has 2 N–H and O–H groups in total. The summed E-state index contributed by atoms with van der Waals surface area (Å²) < 4.78 is 32.4. The Labute approximate surface area is 157 Å². The fourth-order valence-corrected chi connectivity index (χ4v) is 2.89. The summed E-state index contributed by atoms with van der Waals surface area (Å²) in [5.41, 5.74) is 1.27. The van der Waals surface area contributed by atoms with E-state index in [2.05, 4.69) is 25.5 Å². The fraction of sp³-hybridized carbons (Fsp3) is 0.368. The molecule has 1 saturated heterocycles. The van der Waals surface area contributed by atoms with Gasteiger partial charge in [-0.3, -0.25) is 4.99 Å². The second-order valence-electron chi connectivity index (χ2n) is 6.10. The number of aromatic nitrogens is 1. The van der Waals surface area contributed by atoms with Crippen LogP contribution in [0.4, 0.5) is 14.6 Å². The summed E-state index contributed by atoms with van der Waals surface area (Å²) in [6.45, 7) is 3.61. The first-order chi connectivity index (χ1) is 13.2. The van der Waals surface area contributed by atoms with E-state index in [1.165, 1.54) is 6.07 Å². The molecular weight excluding hydrogens is 352 g/mol. The van der Waals surface area contributed by atoms with E-state index in [0.29, 0.717) is 25.7 Å². The summed E-state index contributed by atoms with van der Waals surface area (Å²) in [7, 11) is 1.63. The molecule has 1 fully saturated rings. The standard InChI is InChI=1S/C19H23F2N5O/c1-22-19(25-13-15-11-16(20)4-5-17(15)21)24-12-14-3-2-6-23-18(14)26-7-9-27-10-8-26/h2-6,11H,7-10,12-13H2,1H3,(H2,22,24,25). The molecule has 27 heavy (non-hydrogen) atoms. The molecule has 0 amide bonds. The van der Waals surface area contributed by atoms with Gasteiger partial charge in [0.2, 0.25) is 0 Å². The van der Waals surface area contributed by atoms with E-state index in [9.17, 15) is 8.78 Å². The van der Waals surface area contributed by atoms with Gasteiger partial charge in [-0.15, -0.1) is 0 Å². The van der Waals surface area contributed by atoms with Crippen LogP contribution in [0.3, 0.4) is 0 Å². The number of nitrogens with zero attached hydrogens (tertiary/aromatic N) is 3. The van der Waals surface area contributed by atoms with Crippen molar-refractivity contribution in [1.82, 2.24) is 15.6 Å². The summed E-state index contributed by atoms with van der Waals surface area (Å²) in [6, 6.07) is 7.28. The minimum Gasteiger partial charge on any atom is -0.378 e. The van der Waals surface area contributed by atoms with Crippen LogP contribution in [0.2, 0.25) is 0 Å². The molecular formula is C19H23F2N5O. The van der Waals surface area contributed by atoms with Gasteiger partial charge in [-0.25, -0.2) is 13.8 Å². The number of ether oxygens (including phenoxy) is 1. The lowest BCUT2D eigenvalue weighted by Crippen LogP contribution is -2.39. The Balaban J connectivity index is 1.60. The number of pyridine rings is 1. The second-order valence-corrected chi connectivity index (χ2v) is 6.10. The van der Waals surface area contributed by atoms with Crippen LogP contribution in [0.25, 0.3) is 0 Å². The number of hydrogen-bond donors (Lipinski definition) is 2. The van der Waals surface area contributed by atoms with Crippen LogP contribution in [0.5, 0.6) is 0 Å². The van der Waals surface area contributed by atoms with E-state index in [4.69, 9.17) is 4.74 Å². The zero-order valence-electron chi connectivity index (χ0n) is 15.2. The zero-order chi connectivity index (χ0) is 19.1. The smallest absolute Gasteiger partial charge is 0.191 e. The Morgan fingerprint density at radius 2 is 1.89 bits per heavy atom. The van der Waals surface area contributed by atoms with E-state index < -0.39 is 11.6 Å². The molecule has 0 bridgehead atoms. The molecule has 1 aliphatic heterocycles. The van der Waals surface area contributed by atoms with Gasteiger partial charge in [0.15, 0.2) is 5.96 Å². The third-order valence-electron chi connectivity index (χ3n) is 4.30. The normalized spacial score (nSPS) is 14.9. The van der Waals surface area contributed by atoms with Gasteiger partial charge in [0.25, 0.3) is 0 Å². The van der Waals surface area contributed by atoms with Crippen molar-refractivity contribution in [3.05, 3.63) is 59.3 Å². The van der Waals surface area contributed by atoms with Crippen LogP contribution in [-0.2, 0) is 17.8 Å². The van der Waals surface area contributed by atoms with Crippen LogP contribution in [0.15, 0.2) is 41.5 Å². The minimum absolute atomic E-state index is 0.132. The Kier molecular flexibility index (Phi) is 6.54. The second kappa shape index (κ2) is 9.27. The van der Waals surface area contributed by atoms with Gasteiger partial charge >= 0.3 is 0 Å². The molecule has 2 heterocycles. The van der Waals surface area contributed by atoms with Crippen LogP contribution >= 0.6 is 0 Å². The lowest BCUT2D eigenvalue weighted by atomic mass is 10.2. The number of benzene rings is 1. The topological polar surface area (TPSA) is 61.8 Å². The highest BCUT2D eigenvalue weighted by molar-refractivity contribution is 5.79. The molecule has 2 aromatic rings. The Morgan fingerprint density at radius 1 is 1.15 bits per heavy atom. The van der Waals surface area contributed by atoms with Crippen LogP contribution in [0.1, 0.15) is 11.1 Å². The molecule has 1 aromatic heterocycles. The summed E-state index contributed by atoms with van der Waals surface area (Å²) in [5, 5.41) is 6.20. The molecule has 1 aromatic carbocycles. The molecule has 1 aliphatic rings. The number of anilines is 1. The maximum atomic E-state index is 13.7. The molecule has 0 radical (unpaired) electrons. The number of rotatable bonds is 5. The van der Waals surface area contributed by atoms with Gasteiger partial charge in [0, 0.05) is 50.6 Å². The molecule has 8 heteroatoms. The number of hydrogen-bond acceptors (Lipinski definition) is 4. The van der Waals surface area contributed by atoms with Gasteiger partial charge in [0.1, 0.15) is 17.5 Å². The van der Waals surface area contributed by atoms with Gasteiger partial charge in [-0.2, -0.15) is 0 Å². The van der Waals surface area contributed by atoms with Crippen molar-refractivity contribution < 1.29 is 13.5 Å². The molecule has 6 nitrogen and oxygen atoms in total. The maximum Gasteiger partial charge on any atom is 0.191 e. The van der Waals surface area contributed by atoms with Crippen molar-refractivity contribution in [3.63, 3.8) is 0 Å². The molecule has 0 aliphatic carbocycles. The third-order valence-corrected chi connectivity index (χ3v) is 4.30. The highest BCUT2D eigenvalue weighted by Gasteiger charge is 2.16. The van der Waals surface area contributed by atoms with E-state index in [0.717, 1.165) is 36.6 Å². The van der Waals surface area contributed by atoms with Crippen LogP contribution in [0, 0.1) is 11.6 Å². The molecule has 0 unspecified atom stereocenters. The number of guanidine groups is 1.